The first-order valence-electron chi connectivity index (χ1n) is 5.66. The van der Waals surface area contributed by atoms with E-state index in [9.17, 15) is 4.79 Å². The van der Waals surface area contributed by atoms with E-state index in [2.05, 4.69) is 26.1 Å². The summed E-state index contributed by atoms with van der Waals surface area (Å²) >= 11 is 0. The molecule has 1 amide bonds. The van der Waals surface area contributed by atoms with E-state index in [0.29, 0.717) is 18.0 Å². The number of carbonyl (C=O) groups excluding carboxylic acids is 1. The fourth-order valence-electron chi connectivity index (χ4n) is 1.17. The normalized spacial score (nSPS) is 11.0. The lowest BCUT2D eigenvalue weighted by molar-refractivity contribution is 0.145. The first kappa shape index (κ1) is 13.4. The second-order valence-electron chi connectivity index (χ2n) is 5.19. The summed E-state index contributed by atoms with van der Waals surface area (Å²) in [5.41, 5.74) is 7.05. The van der Waals surface area contributed by atoms with Gasteiger partial charge in [0.05, 0.1) is 6.61 Å². The second kappa shape index (κ2) is 5.57. The van der Waals surface area contributed by atoms with E-state index in [4.69, 9.17) is 10.5 Å². The molecule has 0 aliphatic heterocycles. The maximum absolute atomic E-state index is 11.4. The number of ether oxygens (including phenoxy) is 1. The van der Waals surface area contributed by atoms with Gasteiger partial charge in [0, 0.05) is 11.4 Å². The number of anilines is 2. The molecule has 4 nitrogen and oxygen atoms in total. The molecule has 0 fully saturated rings. The molecule has 0 aromatic heterocycles. The third-order valence-corrected chi connectivity index (χ3v) is 2.24. The molecule has 0 saturated heterocycles. The van der Waals surface area contributed by atoms with Gasteiger partial charge in [0.15, 0.2) is 0 Å². The number of carbonyl (C=O) groups is 1. The highest BCUT2D eigenvalue weighted by Crippen LogP contribution is 2.18. The molecule has 0 spiro atoms. The summed E-state index contributed by atoms with van der Waals surface area (Å²) in [5.74, 6) is 0. The van der Waals surface area contributed by atoms with Crippen LogP contribution in [0.1, 0.15) is 27.2 Å². The minimum atomic E-state index is -0.431. The third kappa shape index (κ3) is 5.80. The van der Waals surface area contributed by atoms with Crippen molar-refractivity contribution in [1.29, 1.82) is 0 Å². The van der Waals surface area contributed by atoms with Crippen LogP contribution in [0.2, 0.25) is 0 Å². The number of nitrogen functional groups attached to an aromatic ring is 1. The SMILES string of the molecule is CC(C)(C)CCOC(=O)Nc1ccc(N)cc1. The summed E-state index contributed by atoms with van der Waals surface area (Å²) < 4.78 is 5.07. The van der Waals surface area contributed by atoms with Gasteiger partial charge in [-0.3, -0.25) is 5.32 Å². The van der Waals surface area contributed by atoms with Gasteiger partial charge < -0.3 is 10.5 Å². The quantitative estimate of drug-likeness (QED) is 0.792. The molecular weight excluding hydrogens is 216 g/mol. The average molecular weight is 236 g/mol. The van der Waals surface area contributed by atoms with Gasteiger partial charge in [-0.05, 0) is 36.1 Å². The maximum Gasteiger partial charge on any atom is 0.411 e. The molecule has 1 aromatic rings. The average Bonchev–Trinajstić information content (AvgIpc) is 2.19. The van der Waals surface area contributed by atoms with Gasteiger partial charge in [0.25, 0.3) is 0 Å². The van der Waals surface area contributed by atoms with Crippen LogP contribution in [-0.2, 0) is 4.74 Å². The molecule has 0 heterocycles. The van der Waals surface area contributed by atoms with Crippen LogP contribution in [0.3, 0.4) is 0 Å². The maximum atomic E-state index is 11.4. The monoisotopic (exact) mass is 236 g/mol. The van der Waals surface area contributed by atoms with Crippen molar-refractivity contribution in [1.82, 2.24) is 0 Å². The number of hydrogen-bond donors (Lipinski definition) is 2. The lowest BCUT2D eigenvalue weighted by atomic mass is 9.93. The van der Waals surface area contributed by atoms with Crippen LogP contribution in [0, 0.1) is 5.41 Å². The van der Waals surface area contributed by atoms with Gasteiger partial charge in [-0.2, -0.15) is 0 Å². The number of nitrogens with two attached hydrogens (primary N) is 1. The van der Waals surface area contributed by atoms with Crippen LogP contribution in [0.25, 0.3) is 0 Å². The van der Waals surface area contributed by atoms with Gasteiger partial charge >= 0.3 is 6.09 Å². The van der Waals surface area contributed by atoms with Crippen molar-refractivity contribution in [3.8, 4) is 0 Å². The highest BCUT2D eigenvalue weighted by Gasteiger charge is 2.11. The Bertz CT molecular complexity index is 366. The molecule has 94 valence electrons. The zero-order chi connectivity index (χ0) is 12.9. The van der Waals surface area contributed by atoms with E-state index in [1.54, 1.807) is 24.3 Å². The highest BCUT2D eigenvalue weighted by molar-refractivity contribution is 5.84. The van der Waals surface area contributed by atoms with Gasteiger partial charge in [-0.15, -0.1) is 0 Å². The molecule has 4 heteroatoms. The van der Waals surface area contributed by atoms with E-state index < -0.39 is 6.09 Å². The Morgan fingerprint density at radius 3 is 2.41 bits per heavy atom. The number of rotatable bonds is 3. The van der Waals surface area contributed by atoms with E-state index >= 15 is 0 Å². The van der Waals surface area contributed by atoms with Gasteiger partial charge in [-0.1, -0.05) is 20.8 Å². The Kier molecular flexibility index (Phi) is 4.37. The van der Waals surface area contributed by atoms with Crippen LogP contribution in [0.15, 0.2) is 24.3 Å². The van der Waals surface area contributed by atoms with Gasteiger partial charge in [0.2, 0.25) is 0 Å². The largest absolute Gasteiger partial charge is 0.449 e. The van der Waals surface area contributed by atoms with Crippen molar-refractivity contribution in [2.45, 2.75) is 27.2 Å². The predicted molar refractivity (Wildman–Crippen MR) is 69.9 cm³/mol. The van der Waals surface area contributed by atoms with Crippen LogP contribution in [0.4, 0.5) is 16.2 Å². The van der Waals surface area contributed by atoms with E-state index in [1.807, 2.05) is 0 Å². The molecule has 0 atom stereocenters. The zero-order valence-electron chi connectivity index (χ0n) is 10.6. The fourth-order valence-corrected chi connectivity index (χ4v) is 1.17. The molecule has 1 aromatic carbocycles. The molecule has 0 radical (unpaired) electrons. The van der Waals surface area contributed by atoms with Crippen molar-refractivity contribution in [3.05, 3.63) is 24.3 Å². The summed E-state index contributed by atoms with van der Waals surface area (Å²) in [5, 5.41) is 2.64. The summed E-state index contributed by atoms with van der Waals surface area (Å²) in [7, 11) is 0. The summed E-state index contributed by atoms with van der Waals surface area (Å²) in [6, 6.07) is 6.93. The molecule has 0 aliphatic carbocycles. The highest BCUT2D eigenvalue weighted by atomic mass is 16.5. The van der Waals surface area contributed by atoms with Crippen molar-refractivity contribution in [2.75, 3.05) is 17.7 Å². The Morgan fingerprint density at radius 1 is 1.29 bits per heavy atom. The number of amides is 1. The minimum absolute atomic E-state index is 0.168. The molecule has 0 aliphatic rings. The third-order valence-electron chi connectivity index (χ3n) is 2.24. The van der Waals surface area contributed by atoms with Gasteiger partial charge in [0.1, 0.15) is 0 Å². The van der Waals surface area contributed by atoms with Crippen molar-refractivity contribution < 1.29 is 9.53 Å². The number of hydrogen-bond acceptors (Lipinski definition) is 3. The molecule has 0 bridgehead atoms. The van der Waals surface area contributed by atoms with Crippen molar-refractivity contribution >= 4 is 17.5 Å². The number of nitrogens with one attached hydrogen (secondary N) is 1. The number of benzene rings is 1. The molecule has 1 rings (SSSR count). The molecule has 0 saturated carbocycles. The van der Waals surface area contributed by atoms with E-state index in [0.717, 1.165) is 6.42 Å². The topological polar surface area (TPSA) is 64.3 Å². The predicted octanol–water partition coefficient (Wildman–Crippen LogP) is 3.25. The van der Waals surface area contributed by atoms with Crippen LogP contribution < -0.4 is 11.1 Å². The lowest BCUT2D eigenvalue weighted by Gasteiger charge is -2.17. The summed E-state index contributed by atoms with van der Waals surface area (Å²) in [6.07, 6.45) is 0.404. The zero-order valence-corrected chi connectivity index (χ0v) is 10.6. The fraction of sp³-hybridized carbons (Fsp3) is 0.462. The Balaban J connectivity index is 2.32. The smallest absolute Gasteiger partial charge is 0.411 e. The van der Waals surface area contributed by atoms with E-state index in [1.165, 1.54) is 0 Å². The summed E-state index contributed by atoms with van der Waals surface area (Å²) in [6.45, 7) is 6.74. The standard InChI is InChI=1S/C13H20N2O2/c1-13(2,3)8-9-17-12(16)15-11-6-4-10(14)5-7-11/h4-7H,8-9,14H2,1-3H3,(H,15,16). The molecule has 17 heavy (non-hydrogen) atoms. The molecular formula is C13H20N2O2. The Labute approximate surface area is 102 Å². The first-order valence-corrected chi connectivity index (χ1v) is 5.66. The molecule has 0 unspecified atom stereocenters. The van der Waals surface area contributed by atoms with E-state index in [-0.39, 0.29) is 5.41 Å². The van der Waals surface area contributed by atoms with Crippen molar-refractivity contribution in [3.63, 3.8) is 0 Å². The second-order valence-corrected chi connectivity index (χ2v) is 5.19. The van der Waals surface area contributed by atoms with Crippen LogP contribution in [-0.4, -0.2) is 12.7 Å². The first-order chi connectivity index (χ1) is 7.87. The van der Waals surface area contributed by atoms with Gasteiger partial charge in [-0.25, -0.2) is 4.79 Å². The minimum Gasteiger partial charge on any atom is -0.449 e. The van der Waals surface area contributed by atoms with Crippen LogP contribution in [0.5, 0.6) is 0 Å². The Hall–Kier alpha value is -1.71. The summed E-state index contributed by atoms with van der Waals surface area (Å²) in [4.78, 5) is 11.4. The van der Waals surface area contributed by atoms with Crippen LogP contribution >= 0.6 is 0 Å². The lowest BCUT2D eigenvalue weighted by Crippen LogP contribution is -2.17. The Morgan fingerprint density at radius 2 is 1.88 bits per heavy atom. The molecule has 3 N–H and O–H groups in total. The van der Waals surface area contributed by atoms with Crippen molar-refractivity contribution in [2.24, 2.45) is 5.41 Å².